The first-order chi connectivity index (χ1) is 6.98. The Labute approximate surface area is 94.6 Å². The first-order valence-corrected chi connectivity index (χ1v) is 6.33. The smallest absolute Gasteiger partial charge is 0.0537 e. The van der Waals surface area contributed by atoms with Crippen LogP contribution in [0, 0.1) is 11.3 Å². The van der Waals surface area contributed by atoms with Gasteiger partial charge in [-0.05, 0) is 50.4 Å². The topological polar surface area (TPSA) is 20.2 Å². The van der Waals surface area contributed by atoms with Gasteiger partial charge in [-0.2, -0.15) is 0 Å². The number of allylic oxidation sites excluding steroid dienone is 2. The summed E-state index contributed by atoms with van der Waals surface area (Å²) in [7, 11) is 0. The predicted molar refractivity (Wildman–Crippen MR) is 65.8 cm³/mol. The van der Waals surface area contributed by atoms with Gasteiger partial charge >= 0.3 is 0 Å². The van der Waals surface area contributed by atoms with E-state index in [1.807, 2.05) is 0 Å². The average Bonchev–Trinajstić information content (AvgIpc) is 2.21. The summed E-state index contributed by atoms with van der Waals surface area (Å²) in [5.41, 5.74) is 1.95. The summed E-state index contributed by atoms with van der Waals surface area (Å²) in [6.07, 6.45) is 7.86. The van der Waals surface area contributed by atoms with Crippen LogP contribution in [0.2, 0.25) is 0 Å². The summed E-state index contributed by atoms with van der Waals surface area (Å²) >= 11 is 0. The van der Waals surface area contributed by atoms with Crippen molar-refractivity contribution >= 4 is 0 Å². The second kappa shape index (κ2) is 5.16. The molecule has 0 heterocycles. The lowest BCUT2D eigenvalue weighted by Gasteiger charge is -2.38. The Balaban J connectivity index is 2.52. The van der Waals surface area contributed by atoms with Crippen molar-refractivity contribution in [2.45, 2.75) is 65.9 Å². The largest absolute Gasteiger partial charge is 0.393 e. The minimum Gasteiger partial charge on any atom is -0.393 e. The van der Waals surface area contributed by atoms with Gasteiger partial charge in [0.25, 0.3) is 0 Å². The van der Waals surface area contributed by atoms with Crippen LogP contribution in [0.4, 0.5) is 0 Å². The summed E-state index contributed by atoms with van der Waals surface area (Å²) in [4.78, 5) is 0. The van der Waals surface area contributed by atoms with Gasteiger partial charge in [0.15, 0.2) is 0 Å². The van der Waals surface area contributed by atoms with E-state index >= 15 is 0 Å². The van der Waals surface area contributed by atoms with Gasteiger partial charge < -0.3 is 5.11 Å². The van der Waals surface area contributed by atoms with Crippen molar-refractivity contribution in [2.75, 3.05) is 0 Å². The molecule has 1 aliphatic carbocycles. The molecule has 0 aromatic heterocycles. The highest BCUT2D eigenvalue weighted by Gasteiger charge is 2.32. The fourth-order valence-corrected chi connectivity index (χ4v) is 2.47. The lowest BCUT2D eigenvalue weighted by atomic mass is 9.67. The summed E-state index contributed by atoms with van der Waals surface area (Å²) in [5.74, 6) is 0.662. The standard InChI is InChI=1S/C14H26O/c1-5-13(15)7-9-14(4)8-6-11(2)10-12(14)3/h10,12-13,15H,5-9H2,1-4H3/t12-,13+,14-/m1/s1. The van der Waals surface area contributed by atoms with Gasteiger partial charge in [-0.3, -0.25) is 0 Å². The quantitative estimate of drug-likeness (QED) is 0.697. The van der Waals surface area contributed by atoms with Crippen molar-refractivity contribution in [3.63, 3.8) is 0 Å². The lowest BCUT2D eigenvalue weighted by Crippen LogP contribution is -2.28. The molecule has 0 amide bonds. The highest BCUT2D eigenvalue weighted by atomic mass is 16.3. The fraction of sp³-hybridized carbons (Fsp3) is 0.857. The third kappa shape index (κ3) is 3.34. The molecule has 1 rings (SSSR count). The van der Waals surface area contributed by atoms with E-state index in [0.29, 0.717) is 11.3 Å². The molecule has 0 unspecified atom stereocenters. The molecule has 0 fully saturated rings. The zero-order valence-electron chi connectivity index (χ0n) is 10.7. The second-order valence-corrected chi connectivity index (χ2v) is 5.56. The van der Waals surface area contributed by atoms with Gasteiger partial charge in [-0.15, -0.1) is 0 Å². The Morgan fingerprint density at radius 2 is 2.27 bits per heavy atom. The molecule has 0 aromatic carbocycles. The molecule has 0 aliphatic heterocycles. The molecule has 0 bridgehead atoms. The monoisotopic (exact) mass is 210 g/mol. The molecule has 0 radical (unpaired) electrons. The van der Waals surface area contributed by atoms with Crippen LogP contribution >= 0.6 is 0 Å². The third-order valence-electron chi connectivity index (χ3n) is 4.24. The lowest BCUT2D eigenvalue weighted by molar-refractivity contribution is 0.112. The molecule has 0 saturated heterocycles. The van der Waals surface area contributed by atoms with E-state index < -0.39 is 0 Å². The molecule has 3 atom stereocenters. The molecule has 15 heavy (non-hydrogen) atoms. The number of hydrogen-bond acceptors (Lipinski definition) is 1. The SMILES string of the molecule is CC[C@H](O)CC[C@@]1(C)CCC(C)=C[C@H]1C. The van der Waals surface area contributed by atoms with Crippen molar-refractivity contribution in [1.29, 1.82) is 0 Å². The molecule has 0 aromatic rings. The van der Waals surface area contributed by atoms with Gasteiger partial charge in [0.05, 0.1) is 6.10 Å². The molecule has 1 N–H and O–H groups in total. The predicted octanol–water partition coefficient (Wildman–Crippen LogP) is 3.92. The third-order valence-corrected chi connectivity index (χ3v) is 4.24. The highest BCUT2D eigenvalue weighted by Crippen LogP contribution is 2.43. The maximum absolute atomic E-state index is 9.63. The summed E-state index contributed by atoms with van der Waals surface area (Å²) in [5, 5.41) is 9.63. The Hall–Kier alpha value is -0.300. The molecule has 0 spiro atoms. The Morgan fingerprint density at radius 3 is 2.80 bits per heavy atom. The van der Waals surface area contributed by atoms with E-state index in [0.717, 1.165) is 19.3 Å². The van der Waals surface area contributed by atoms with Gasteiger partial charge in [-0.1, -0.05) is 32.4 Å². The zero-order valence-corrected chi connectivity index (χ0v) is 10.7. The van der Waals surface area contributed by atoms with Crippen LogP contribution in [0.1, 0.15) is 59.8 Å². The summed E-state index contributed by atoms with van der Waals surface area (Å²) in [6, 6.07) is 0. The van der Waals surface area contributed by atoms with Crippen LogP contribution in [0.25, 0.3) is 0 Å². The van der Waals surface area contributed by atoms with E-state index in [4.69, 9.17) is 0 Å². The number of aliphatic hydroxyl groups is 1. The maximum atomic E-state index is 9.63. The maximum Gasteiger partial charge on any atom is 0.0537 e. The molecular formula is C14H26O. The minimum atomic E-state index is -0.0963. The van der Waals surface area contributed by atoms with Gasteiger partial charge in [0, 0.05) is 0 Å². The molecule has 1 aliphatic rings. The van der Waals surface area contributed by atoms with Crippen LogP contribution in [0.5, 0.6) is 0 Å². The van der Waals surface area contributed by atoms with Crippen LogP contribution in [0.15, 0.2) is 11.6 Å². The van der Waals surface area contributed by atoms with Crippen LogP contribution in [0.3, 0.4) is 0 Å². The Bertz CT molecular complexity index is 231. The van der Waals surface area contributed by atoms with Crippen molar-refractivity contribution in [2.24, 2.45) is 11.3 Å². The van der Waals surface area contributed by atoms with Crippen LogP contribution < -0.4 is 0 Å². The first kappa shape index (κ1) is 12.8. The minimum absolute atomic E-state index is 0.0963. The van der Waals surface area contributed by atoms with Crippen molar-refractivity contribution in [3.05, 3.63) is 11.6 Å². The van der Waals surface area contributed by atoms with Gasteiger partial charge in [0.1, 0.15) is 0 Å². The van der Waals surface area contributed by atoms with Gasteiger partial charge in [0.2, 0.25) is 0 Å². The Kier molecular flexibility index (Phi) is 4.39. The average molecular weight is 210 g/mol. The Morgan fingerprint density at radius 1 is 1.60 bits per heavy atom. The molecule has 88 valence electrons. The van der Waals surface area contributed by atoms with E-state index in [1.54, 1.807) is 0 Å². The highest BCUT2D eigenvalue weighted by molar-refractivity contribution is 5.09. The fourth-order valence-electron chi connectivity index (χ4n) is 2.47. The number of rotatable bonds is 4. The molecular weight excluding hydrogens is 184 g/mol. The van der Waals surface area contributed by atoms with Crippen LogP contribution in [-0.4, -0.2) is 11.2 Å². The number of aliphatic hydroxyl groups excluding tert-OH is 1. The first-order valence-electron chi connectivity index (χ1n) is 6.33. The van der Waals surface area contributed by atoms with Gasteiger partial charge in [-0.25, -0.2) is 0 Å². The molecule has 1 heteroatoms. The van der Waals surface area contributed by atoms with Crippen molar-refractivity contribution < 1.29 is 5.11 Å². The van der Waals surface area contributed by atoms with Crippen molar-refractivity contribution in [1.82, 2.24) is 0 Å². The van der Waals surface area contributed by atoms with E-state index in [-0.39, 0.29) is 6.10 Å². The number of hydrogen-bond donors (Lipinski definition) is 1. The summed E-state index contributed by atoms with van der Waals surface area (Å²) in [6.45, 7) is 8.99. The molecule has 1 nitrogen and oxygen atoms in total. The van der Waals surface area contributed by atoms with E-state index in [1.165, 1.54) is 18.4 Å². The van der Waals surface area contributed by atoms with E-state index in [2.05, 4.69) is 33.8 Å². The van der Waals surface area contributed by atoms with E-state index in [9.17, 15) is 5.11 Å². The normalized spacial score (nSPS) is 33.7. The van der Waals surface area contributed by atoms with Crippen LogP contribution in [-0.2, 0) is 0 Å². The summed E-state index contributed by atoms with van der Waals surface area (Å²) < 4.78 is 0. The zero-order chi connectivity index (χ0) is 11.5. The molecule has 0 saturated carbocycles. The second-order valence-electron chi connectivity index (χ2n) is 5.56. The van der Waals surface area contributed by atoms with Crippen molar-refractivity contribution in [3.8, 4) is 0 Å².